The third-order valence-electron chi connectivity index (χ3n) is 1.93. The average Bonchev–Trinajstić information content (AvgIpc) is 2.13. The fourth-order valence-corrected chi connectivity index (χ4v) is 1.25. The van der Waals surface area contributed by atoms with Crippen molar-refractivity contribution >= 4 is 11.9 Å². The highest BCUT2D eigenvalue weighted by atomic mass is 19.3. The molecule has 0 N–H and O–H groups in total. The Hall–Kier alpha value is -1.51. The Morgan fingerprint density at radius 3 is 2.47 bits per heavy atom. The maximum atomic E-state index is 13.1. The number of carbonyl (C=O) groups excluding carboxylic acids is 1. The number of allylic oxidation sites excluding steroid dienone is 1. The molecule has 0 saturated carbocycles. The van der Waals surface area contributed by atoms with Crippen LogP contribution in [0.5, 0.6) is 0 Å². The molecule has 1 aromatic carbocycles. The Morgan fingerprint density at radius 1 is 1.33 bits per heavy atom. The zero-order chi connectivity index (χ0) is 11.5. The van der Waals surface area contributed by atoms with Gasteiger partial charge in [0.1, 0.15) is 0 Å². The van der Waals surface area contributed by atoms with Gasteiger partial charge in [-0.3, -0.25) is 4.79 Å². The van der Waals surface area contributed by atoms with Crippen LogP contribution in [0.25, 0.3) is 6.08 Å². The van der Waals surface area contributed by atoms with Gasteiger partial charge in [0.25, 0.3) is 5.92 Å². The van der Waals surface area contributed by atoms with Crippen molar-refractivity contribution < 1.29 is 13.6 Å². The molecule has 80 valence electrons. The lowest BCUT2D eigenvalue weighted by atomic mass is 10.0. The summed E-state index contributed by atoms with van der Waals surface area (Å²) >= 11 is 0. The molecule has 0 radical (unpaired) electrons. The summed E-state index contributed by atoms with van der Waals surface area (Å²) in [6.07, 6.45) is 2.69. The van der Waals surface area contributed by atoms with E-state index in [0.717, 1.165) is 6.92 Å². The number of benzene rings is 1. The molecule has 0 saturated heterocycles. The van der Waals surface area contributed by atoms with E-state index in [1.807, 2.05) is 0 Å². The van der Waals surface area contributed by atoms with Crippen molar-refractivity contribution in [3.05, 3.63) is 41.5 Å². The maximum Gasteiger partial charge on any atom is 0.271 e. The van der Waals surface area contributed by atoms with Crippen molar-refractivity contribution in [3.8, 4) is 0 Å². The lowest BCUT2D eigenvalue weighted by Crippen LogP contribution is -2.08. The molecule has 15 heavy (non-hydrogen) atoms. The van der Waals surface area contributed by atoms with Gasteiger partial charge in [-0.1, -0.05) is 30.3 Å². The first-order valence-electron chi connectivity index (χ1n) is 4.57. The number of hydrogen-bond acceptors (Lipinski definition) is 1. The molecule has 0 amide bonds. The summed E-state index contributed by atoms with van der Waals surface area (Å²) in [5.74, 6) is -3.05. The molecule has 0 aliphatic heterocycles. The van der Waals surface area contributed by atoms with Crippen molar-refractivity contribution in [1.29, 1.82) is 0 Å². The van der Waals surface area contributed by atoms with E-state index in [1.165, 1.54) is 25.1 Å². The van der Waals surface area contributed by atoms with Crippen molar-refractivity contribution in [2.45, 2.75) is 19.8 Å². The minimum absolute atomic E-state index is 0.0671. The molecular formula is C12H12F2O. The molecule has 0 spiro atoms. The number of ketones is 1. The lowest BCUT2D eigenvalue weighted by Gasteiger charge is -2.13. The average molecular weight is 210 g/mol. The van der Waals surface area contributed by atoms with Gasteiger partial charge in [0, 0.05) is 12.5 Å². The molecule has 0 aliphatic carbocycles. The van der Waals surface area contributed by atoms with Crippen LogP contribution in [-0.4, -0.2) is 5.78 Å². The molecule has 1 nitrogen and oxygen atoms in total. The monoisotopic (exact) mass is 210 g/mol. The number of alkyl halides is 2. The molecule has 0 unspecified atom stereocenters. The highest BCUT2D eigenvalue weighted by molar-refractivity contribution is 5.91. The van der Waals surface area contributed by atoms with Crippen LogP contribution in [0.4, 0.5) is 8.78 Å². The van der Waals surface area contributed by atoms with Gasteiger partial charge in [-0.15, -0.1) is 0 Å². The molecule has 0 heterocycles. The van der Waals surface area contributed by atoms with Crippen molar-refractivity contribution in [1.82, 2.24) is 0 Å². The van der Waals surface area contributed by atoms with E-state index >= 15 is 0 Å². The number of halogens is 2. The van der Waals surface area contributed by atoms with Gasteiger partial charge in [0.05, 0.1) is 0 Å². The van der Waals surface area contributed by atoms with Gasteiger partial charge in [0.15, 0.2) is 5.78 Å². The van der Waals surface area contributed by atoms with E-state index in [4.69, 9.17) is 0 Å². The quantitative estimate of drug-likeness (QED) is 0.699. The normalized spacial score (nSPS) is 12.0. The Morgan fingerprint density at radius 2 is 1.93 bits per heavy atom. The second-order valence-electron chi connectivity index (χ2n) is 3.42. The smallest absolute Gasteiger partial charge is 0.271 e. The summed E-state index contributed by atoms with van der Waals surface area (Å²) in [5.41, 5.74) is 0.308. The van der Waals surface area contributed by atoms with Gasteiger partial charge < -0.3 is 0 Å². The molecule has 0 aliphatic rings. The topological polar surface area (TPSA) is 17.1 Å². The first-order chi connectivity index (χ1) is 6.91. The standard InChI is InChI=1S/C12H12F2O/c1-9(15)7-8-10-5-3-4-6-11(10)12(2,13)14/h3-8H,1-2H3/b8-7+. The van der Waals surface area contributed by atoms with Gasteiger partial charge in [-0.2, -0.15) is 0 Å². The highest BCUT2D eigenvalue weighted by Gasteiger charge is 2.26. The third-order valence-corrected chi connectivity index (χ3v) is 1.93. The first-order valence-corrected chi connectivity index (χ1v) is 4.57. The first kappa shape index (κ1) is 11.6. The van der Waals surface area contributed by atoms with E-state index in [-0.39, 0.29) is 11.3 Å². The van der Waals surface area contributed by atoms with Crippen LogP contribution < -0.4 is 0 Å². The minimum atomic E-state index is -2.89. The summed E-state index contributed by atoms with van der Waals surface area (Å²) in [6.45, 7) is 2.22. The summed E-state index contributed by atoms with van der Waals surface area (Å²) in [4.78, 5) is 10.7. The number of rotatable bonds is 3. The second kappa shape index (κ2) is 4.34. The van der Waals surface area contributed by atoms with Gasteiger partial charge in [-0.05, 0) is 18.6 Å². The number of carbonyl (C=O) groups is 1. The fourth-order valence-electron chi connectivity index (χ4n) is 1.25. The Kier molecular flexibility index (Phi) is 3.35. The molecule has 0 fully saturated rings. The van der Waals surface area contributed by atoms with Gasteiger partial charge >= 0.3 is 0 Å². The number of hydrogen-bond donors (Lipinski definition) is 0. The summed E-state index contributed by atoms with van der Waals surface area (Å²) in [7, 11) is 0. The van der Waals surface area contributed by atoms with E-state index in [2.05, 4.69) is 0 Å². The fraction of sp³-hybridized carbons (Fsp3) is 0.250. The Bertz CT molecular complexity index is 389. The van der Waals surface area contributed by atoms with Crippen LogP contribution in [0.2, 0.25) is 0 Å². The van der Waals surface area contributed by atoms with Crippen LogP contribution >= 0.6 is 0 Å². The third kappa shape index (κ3) is 3.27. The predicted molar refractivity (Wildman–Crippen MR) is 55.7 cm³/mol. The van der Waals surface area contributed by atoms with Gasteiger partial charge in [0.2, 0.25) is 0 Å². The molecule has 3 heteroatoms. The van der Waals surface area contributed by atoms with Crippen LogP contribution in [0, 0.1) is 0 Å². The van der Waals surface area contributed by atoms with E-state index in [0.29, 0.717) is 5.56 Å². The second-order valence-corrected chi connectivity index (χ2v) is 3.42. The van der Waals surface area contributed by atoms with Crippen molar-refractivity contribution in [3.63, 3.8) is 0 Å². The SMILES string of the molecule is CC(=O)/C=C/c1ccccc1C(C)(F)F. The van der Waals surface area contributed by atoms with Crippen molar-refractivity contribution in [2.24, 2.45) is 0 Å². The van der Waals surface area contributed by atoms with Crippen LogP contribution in [0.1, 0.15) is 25.0 Å². The largest absolute Gasteiger partial charge is 0.295 e. The molecule has 1 rings (SSSR count). The molecular weight excluding hydrogens is 198 g/mol. The zero-order valence-corrected chi connectivity index (χ0v) is 8.63. The van der Waals surface area contributed by atoms with Crippen LogP contribution in [0.15, 0.2) is 30.3 Å². The predicted octanol–water partition coefficient (Wildman–Crippen LogP) is 3.40. The minimum Gasteiger partial charge on any atom is -0.295 e. The summed E-state index contributed by atoms with van der Waals surface area (Å²) < 4.78 is 26.2. The van der Waals surface area contributed by atoms with Crippen molar-refractivity contribution in [2.75, 3.05) is 0 Å². The lowest BCUT2D eigenvalue weighted by molar-refractivity contribution is -0.112. The highest BCUT2D eigenvalue weighted by Crippen LogP contribution is 2.30. The molecule has 0 atom stereocenters. The van der Waals surface area contributed by atoms with E-state index in [9.17, 15) is 13.6 Å². The maximum absolute atomic E-state index is 13.1. The molecule has 0 aromatic heterocycles. The van der Waals surface area contributed by atoms with Crippen LogP contribution in [0.3, 0.4) is 0 Å². The molecule has 0 bridgehead atoms. The summed E-state index contributed by atoms with van der Waals surface area (Å²) in [5, 5.41) is 0. The van der Waals surface area contributed by atoms with E-state index in [1.54, 1.807) is 18.2 Å². The summed E-state index contributed by atoms with van der Waals surface area (Å²) in [6, 6.07) is 6.14. The van der Waals surface area contributed by atoms with Gasteiger partial charge in [-0.25, -0.2) is 8.78 Å². The Balaban J connectivity index is 3.13. The Labute approximate surface area is 87.4 Å². The van der Waals surface area contributed by atoms with E-state index < -0.39 is 5.92 Å². The van der Waals surface area contributed by atoms with Crippen LogP contribution in [-0.2, 0) is 10.7 Å². The molecule has 1 aromatic rings. The zero-order valence-electron chi connectivity index (χ0n) is 8.63.